The van der Waals surface area contributed by atoms with E-state index in [0.29, 0.717) is 30.1 Å². The number of anilines is 1. The molecule has 1 aliphatic rings. The van der Waals surface area contributed by atoms with Crippen LogP contribution < -0.4 is 5.32 Å². The van der Waals surface area contributed by atoms with Gasteiger partial charge in [-0.1, -0.05) is 0 Å². The maximum absolute atomic E-state index is 12.1. The van der Waals surface area contributed by atoms with Crippen LogP contribution in [-0.2, 0) is 21.3 Å². The number of ether oxygens (including phenoxy) is 2. The molecule has 1 amide bonds. The van der Waals surface area contributed by atoms with E-state index in [1.54, 1.807) is 20.9 Å². The van der Waals surface area contributed by atoms with Crippen molar-refractivity contribution in [1.82, 2.24) is 9.78 Å². The summed E-state index contributed by atoms with van der Waals surface area (Å²) >= 11 is 0. The van der Waals surface area contributed by atoms with Crippen molar-refractivity contribution in [1.29, 1.82) is 0 Å². The van der Waals surface area contributed by atoms with Crippen LogP contribution in [0, 0.1) is 6.92 Å². The molecule has 7 nitrogen and oxygen atoms in total. The van der Waals surface area contributed by atoms with E-state index >= 15 is 0 Å². The molecular formula is C13H19N3O4. The van der Waals surface area contributed by atoms with Gasteiger partial charge in [0.25, 0.3) is 5.91 Å². The van der Waals surface area contributed by atoms with E-state index in [0.717, 1.165) is 6.42 Å². The van der Waals surface area contributed by atoms with Crippen LogP contribution in [0.25, 0.3) is 0 Å². The van der Waals surface area contributed by atoms with Gasteiger partial charge < -0.3 is 14.8 Å². The van der Waals surface area contributed by atoms with Crippen molar-refractivity contribution in [2.24, 2.45) is 7.05 Å². The van der Waals surface area contributed by atoms with Crippen LogP contribution in [0.3, 0.4) is 0 Å². The Hall–Kier alpha value is -1.89. The van der Waals surface area contributed by atoms with Gasteiger partial charge in [-0.2, -0.15) is 5.10 Å². The van der Waals surface area contributed by atoms with Gasteiger partial charge in [0.1, 0.15) is 17.5 Å². The number of hydrogen-bond donors (Lipinski definition) is 1. The predicted molar refractivity (Wildman–Crippen MR) is 71.5 cm³/mol. The van der Waals surface area contributed by atoms with Crippen LogP contribution in [0.4, 0.5) is 5.82 Å². The minimum Gasteiger partial charge on any atom is -0.462 e. The number of nitrogens with zero attached hydrogens (tertiary/aromatic N) is 2. The van der Waals surface area contributed by atoms with E-state index in [9.17, 15) is 9.59 Å². The van der Waals surface area contributed by atoms with Gasteiger partial charge in [0.15, 0.2) is 0 Å². The van der Waals surface area contributed by atoms with Gasteiger partial charge in [-0.15, -0.1) is 0 Å². The molecule has 0 bridgehead atoms. The third kappa shape index (κ3) is 2.82. The van der Waals surface area contributed by atoms with Gasteiger partial charge in [0.05, 0.1) is 12.3 Å². The van der Waals surface area contributed by atoms with Crippen molar-refractivity contribution in [3.63, 3.8) is 0 Å². The number of aryl methyl sites for hydroxylation is 2. The molecule has 2 heterocycles. The molecule has 1 fully saturated rings. The van der Waals surface area contributed by atoms with Crippen LogP contribution in [0.15, 0.2) is 0 Å². The van der Waals surface area contributed by atoms with Gasteiger partial charge >= 0.3 is 5.97 Å². The third-order valence-electron chi connectivity index (χ3n) is 3.17. The van der Waals surface area contributed by atoms with Gasteiger partial charge in [-0.3, -0.25) is 9.48 Å². The van der Waals surface area contributed by atoms with Crippen LogP contribution >= 0.6 is 0 Å². The van der Waals surface area contributed by atoms with E-state index in [2.05, 4.69) is 10.4 Å². The molecule has 1 N–H and O–H groups in total. The maximum atomic E-state index is 12.1. The molecule has 0 spiro atoms. The second-order valence-corrected chi connectivity index (χ2v) is 4.64. The van der Waals surface area contributed by atoms with Gasteiger partial charge in [0, 0.05) is 13.7 Å². The summed E-state index contributed by atoms with van der Waals surface area (Å²) in [5.41, 5.74) is 0.814. The van der Waals surface area contributed by atoms with Gasteiger partial charge in [0.2, 0.25) is 0 Å². The van der Waals surface area contributed by atoms with E-state index in [1.165, 1.54) is 4.68 Å². The molecule has 1 unspecified atom stereocenters. The smallest absolute Gasteiger partial charge is 0.343 e. The summed E-state index contributed by atoms with van der Waals surface area (Å²) < 4.78 is 11.8. The number of carbonyl (C=O) groups is 2. The third-order valence-corrected chi connectivity index (χ3v) is 3.17. The molecule has 1 aromatic heterocycles. The first-order valence-corrected chi connectivity index (χ1v) is 6.67. The summed E-state index contributed by atoms with van der Waals surface area (Å²) in [6.07, 6.45) is 1.10. The van der Waals surface area contributed by atoms with Crippen molar-refractivity contribution in [3.8, 4) is 0 Å². The van der Waals surface area contributed by atoms with Gasteiger partial charge in [-0.05, 0) is 26.7 Å². The number of esters is 1. The molecule has 20 heavy (non-hydrogen) atoms. The number of aromatic nitrogens is 2. The number of rotatable bonds is 4. The average Bonchev–Trinajstić information content (AvgIpc) is 2.99. The Morgan fingerprint density at radius 1 is 1.55 bits per heavy atom. The van der Waals surface area contributed by atoms with E-state index in [4.69, 9.17) is 9.47 Å². The number of nitrogens with one attached hydrogen (secondary N) is 1. The van der Waals surface area contributed by atoms with Crippen molar-refractivity contribution >= 4 is 17.7 Å². The largest absolute Gasteiger partial charge is 0.462 e. The average molecular weight is 281 g/mol. The first-order valence-electron chi connectivity index (χ1n) is 6.67. The Kier molecular flexibility index (Phi) is 4.39. The van der Waals surface area contributed by atoms with E-state index in [-0.39, 0.29) is 12.5 Å². The highest BCUT2D eigenvalue weighted by Crippen LogP contribution is 2.21. The van der Waals surface area contributed by atoms with Crippen molar-refractivity contribution in [2.45, 2.75) is 32.8 Å². The summed E-state index contributed by atoms with van der Waals surface area (Å²) in [5.74, 6) is -0.391. The Balaban J connectivity index is 2.21. The second kappa shape index (κ2) is 6.04. The van der Waals surface area contributed by atoms with Crippen molar-refractivity contribution in [3.05, 3.63) is 11.3 Å². The molecule has 0 radical (unpaired) electrons. The quantitative estimate of drug-likeness (QED) is 0.833. The number of amides is 1. The van der Waals surface area contributed by atoms with Crippen molar-refractivity contribution in [2.75, 3.05) is 18.5 Å². The zero-order chi connectivity index (χ0) is 14.7. The molecule has 1 aromatic rings. The molecule has 0 saturated carbocycles. The molecule has 110 valence electrons. The number of carbonyl (C=O) groups excluding carboxylic acids is 2. The van der Waals surface area contributed by atoms with Crippen molar-refractivity contribution < 1.29 is 19.1 Å². The normalized spacial score (nSPS) is 18.1. The Labute approximate surface area is 117 Å². The van der Waals surface area contributed by atoms with Crippen LogP contribution in [0.1, 0.15) is 35.8 Å². The first-order chi connectivity index (χ1) is 9.54. The molecule has 7 heteroatoms. The fourth-order valence-corrected chi connectivity index (χ4v) is 2.23. The summed E-state index contributed by atoms with van der Waals surface area (Å²) in [4.78, 5) is 24.0. The highest BCUT2D eigenvalue weighted by molar-refractivity contribution is 6.02. The highest BCUT2D eigenvalue weighted by Gasteiger charge is 2.28. The maximum Gasteiger partial charge on any atom is 0.343 e. The van der Waals surface area contributed by atoms with Crippen LogP contribution in [-0.4, -0.2) is 41.0 Å². The fourth-order valence-electron chi connectivity index (χ4n) is 2.23. The molecule has 1 atom stereocenters. The minimum atomic E-state index is -0.485. The predicted octanol–water partition coefficient (Wildman–Crippen LogP) is 1.02. The highest BCUT2D eigenvalue weighted by atomic mass is 16.5. The fraction of sp³-hybridized carbons (Fsp3) is 0.615. The SMILES string of the molecule is CCOC(=O)c1c(C)nn(C)c1NC(=O)C1CCCO1. The Bertz CT molecular complexity index is 518. The van der Waals surface area contributed by atoms with Gasteiger partial charge in [-0.25, -0.2) is 4.79 Å². The monoisotopic (exact) mass is 281 g/mol. The lowest BCUT2D eigenvalue weighted by Crippen LogP contribution is -2.28. The summed E-state index contributed by atoms with van der Waals surface area (Å²) in [7, 11) is 1.67. The second-order valence-electron chi connectivity index (χ2n) is 4.64. The molecular weight excluding hydrogens is 262 g/mol. The summed E-state index contributed by atoms with van der Waals surface area (Å²) in [5, 5.41) is 6.87. The summed E-state index contributed by atoms with van der Waals surface area (Å²) in [6.45, 7) is 4.29. The molecule has 1 aliphatic heterocycles. The zero-order valence-corrected chi connectivity index (χ0v) is 11.9. The Morgan fingerprint density at radius 3 is 2.90 bits per heavy atom. The molecule has 0 aliphatic carbocycles. The molecule has 0 aromatic carbocycles. The van der Waals surface area contributed by atoms with Crippen LogP contribution in [0.5, 0.6) is 0 Å². The lowest BCUT2D eigenvalue weighted by Gasteiger charge is -2.12. The van der Waals surface area contributed by atoms with Crippen LogP contribution in [0.2, 0.25) is 0 Å². The minimum absolute atomic E-state index is 0.254. The molecule has 1 saturated heterocycles. The zero-order valence-electron chi connectivity index (χ0n) is 11.9. The van der Waals surface area contributed by atoms with E-state index < -0.39 is 12.1 Å². The topological polar surface area (TPSA) is 82.5 Å². The Morgan fingerprint density at radius 2 is 2.30 bits per heavy atom. The first kappa shape index (κ1) is 14.5. The summed E-state index contributed by atoms with van der Waals surface area (Å²) in [6, 6.07) is 0. The standard InChI is InChI=1S/C13H19N3O4/c1-4-19-13(18)10-8(2)15-16(3)11(10)14-12(17)9-6-5-7-20-9/h9H,4-7H2,1-3H3,(H,14,17). The molecule has 2 rings (SSSR count). The lowest BCUT2D eigenvalue weighted by atomic mass is 10.2. The lowest BCUT2D eigenvalue weighted by molar-refractivity contribution is -0.124. The van der Waals surface area contributed by atoms with E-state index in [1.807, 2.05) is 0 Å². The number of hydrogen-bond acceptors (Lipinski definition) is 5.